The maximum atomic E-state index is 12.2. The molecule has 1 aliphatic heterocycles. The fourth-order valence-corrected chi connectivity index (χ4v) is 2.00. The number of nitrogens with zero attached hydrogens (tertiary/aromatic N) is 1. The van der Waals surface area contributed by atoms with Gasteiger partial charge in [-0.25, -0.2) is 0 Å². The number of amides is 2. The van der Waals surface area contributed by atoms with Gasteiger partial charge in [-0.1, -0.05) is 23.7 Å². The summed E-state index contributed by atoms with van der Waals surface area (Å²) in [5, 5.41) is 3.14. The fourth-order valence-electron chi connectivity index (χ4n) is 1.79. The molecule has 1 aromatic carbocycles. The number of carbonyl (C=O) groups excluding carboxylic acids is 2. The second-order valence-electron chi connectivity index (χ2n) is 4.01. The van der Waals surface area contributed by atoms with Gasteiger partial charge >= 0.3 is 0 Å². The van der Waals surface area contributed by atoms with Gasteiger partial charge in [-0.15, -0.1) is 0 Å². The first-order chi connectivity index (χ1) is 8.09. The van der Waals surface area contributed by atoms with E-state index in [2.05, 4.69) is 5.32 Å². The molecule has 0 atom stereocenters. The first kappa shape index (κ1) is 11.9. The van der Waals surface area contributed by atoms with E-state index in [-0.39, 0.29) is 18.4 Å². The first-order valence-electron chi connectivity index (χ1n) is 5.40. The van der Waals surface area contributed by atoms with E-state index in [4.69, 9.17) is 11.6 Å². The van der Waals surface area contributed by atoms with E-state index in [1.165, 1.54) is 4.90 Å². The molecule has 5 heteroatoms. The molecule has 0 aliphatic carbocycles. The predicted octanol–water partition coefficient (Wildman–Crippen LogP) is 1.22. The van der Waals surface area contributed by atoms with Crippen molar-refractivity contribution < 1.29 is 9.59 Å². The molecule has 0 radical (unpaired) electrons. The van der Waals surface area contributed by atoms with Crippen LogP contribution in [0.5, 0.6) is 0 Å². The van der Waals surface area contributed by atoms with Gasteiger partial charge in [0, 0.05) is 13.1 Å². The van der Waals surface area contributed by atoms with Gasteiger partial charge in [0.2, 0.25) is 5.91 Å². The Balaban J connectivity index is 2.24. The van der Waals surface area contributed by atoms with Crippen molar-refractivity contribution >= 4 is 23.4 Å². The van der Waals surface area contributed by atoms with Gasteiger partial charge in [0.1, 0.15) is 0 Å². The number of nitrogens with one attached hydrogen (secondary N) is 1. The van der Waals surface area contributed by atoms with E-state index in [1.54, 1.807) is 12.1 Å². The fraction of sp³-hybridized carbons (Fsp3) is 0.333. The van der Waals surface area contributed by atoms with Crippen molar-refractivity contribution in [1.82, 2.24) is 10.2 Å². The van der Waals surface area contributed by atoms with Gasteiger partial charge in [-0.05, 0) is 18.6 Å². The maximum Gasteiger partial charge on any atom is 0.255 e. The molecule has 0 aromatic heterocycles. The molecule has 0 spiro atoms. The molecule has 0 bridgehead atoms. The second kappa shape index (κ2) is 4.75. The van der Waals surface area contributed by atoms with E-state index in [0.717, 1.165) is 5.56 Å². The van der Waals surface area contributed by atoms with Crippen LogP contribution in [-0.4, -0.2) is 36.3 Å². The zero-order chi connectivity index (χ0) is 12.4. The van der Waals surface area contributed by atoms with Gasteiger partial charge in [0.25, 0.3) is 5.91 Å². The summed E-state index contributed by atoms with van der Waals surface area (Å²) < 4.78 is 0. The zero-order valence-corrected chi connectivity index (χ0v) is 10.3. The molecule has 1 N–H and O–H groups in total. The lowest BCUT2D eigenvalue weighted by atomic mass is 10.1. The summed E-state index contributed by atoms with van der Waals surface area (Å²) in [5.41, 5.74) is 1.32. The lowest BCUT2D eigenvalue weighted by molar-refractivity contribution is -0.123. The van der Waals surface area contributed by atoms with E-state index in [9.17, 15) is 9.59 Å². The van der Waals surface area contributed by atoms with Crippen LogP contribution in [0.25, 0.3) is 0 Å². The molecule has 0 unspecified atom stereocenters. The van der Waals surface area contributed by atoms with Crippen molar-refractivity contribution in [2.45, 2.75) is 6.92 Å². The molecule has 2 rings (SSSR count). The molecule has 1 fully saturated rings. The van der Waals surface area contributed by atoms with Crippen LogP contribution in [-0.2, 0) is 4.79 Å². The molecule has 4 nitrogen and oxygen atoms in total. The first-order valence-corrected chi connectivity index (χ1v) is 5.78. The van der Waals surface area contributed by atoms with Crippen molar-refractivity contribution in [3.63, 3.8) is 0 Å². The van der Waals surface area contributed by atoms with Crippen LogP contribution >= 0.6 is 11.6 Å². The number of halogens is 1. The average Bonchev–Trinajstić information content (AvgIpc) is 2.32. The quantitative estimate of drug-likeness (QED) is 0.817. The minimum Gasteiger partial charge on any atom is -0.353 e. The predicted molar refractivity (Wildman–Crippen MR) is 65.1 cm³/mol. The maximum absolute atomic E-state index is 12.2. The van der Waals surface area contributed by atoms with Crippen molar-refractivity contribution in [1.29, 1.82) is 0 Å². The lowest BCUT2D eigenvalue weighted by Crippen LogP contribution is -2.50. The molecule has 1 saturated heterocycles. The topological polar surface area (TPSA) is 49.4 Å². The normalized spacial score (nSPS) is 15.6. The third-order valence-electron chi connectivity index (χ3n) is 2.75. The molecule has 17 heavy (non-hydrogen) atoms. The highest BCUT2D eigenvalue weighted by atomic mass is 35.5. The van der Waals surface area contributed by atoms with Gasteiger partial charge in [0.15, 0.2) is 0 Å². The molecule has 1 aliphatic rings. The highest BCUT2D eigenvalue weighted by Crippen LogP contribution is 2.21. The number of piperazine rings is 1. The monoisotopic (exact) mass is 252 g/mol. The number of hydrogen-bond donors (Lipinski definition) is 1. The highest BCUT2D eigenvalue weighted by molar-refractivity contribution is 6.34. The number of aryl methyl sites for hydroxylation is 1. The molecular formula is C12H13ClN2O2. The van der Waals surface area contributed by atoms with Crippen LogP contribution < -0.4 is 5.32 Å². The Hall–Kier alpha value is -1.55. The standard InChI is InChI=1S/C12H13ClN2O2/c1-8-3-2-4-9(11(8)13)12(17)15-6-5-14-10(16)7-15/h2-4H,5-7H2,1H3,(H,14,16). The Morgan fingerprint density at radius 1 is 1.47 bits per heavy atom. The van der Waals surface area contributed by atoms with Crippen LogP contribution in [0, 0.1) is 6.92 Å². The Bertz CT molecular complexity index is 474. The minimum atomic E-state index is -0.187. The minimum absolute atomic E-state index is 0.100. The van der Waals surface area contributed by atoms with E-state index in [0.29, 0.717) is 23.7 Å². The summed E-state index contributed by atoms with van der Waals surface area (Å²) in [4.78, 5) is 24.9. The summed E-state index contributed by atoms with van der Waals surface area (Å²) in [7, 11) is 0. The summed E-state index contributed by atoms with van der Waals surface area (Å²) in [5.74, 6) is -0.318. The number of carbonyl (C=O) groups is 2. The smallest absolute Gasteiger partial charge is 0.255 e. The molecule has 0 saturated carbocycles. The Morgan fingerprint density at radius 3 is 2.94 bits per heavy atom. The summed E-state index contributed by atoms with van der Waals surface area (Å²) in [6, 6.07) is 5.32. The third kappa shape index (κ3) is 2.42. The second-order valence-corrected chi connectivity index (χ2v) is 4.39. The lowest BCUT2D eigenvalue weighted by Gasteiger charge is -2.27. The van der Waals surface area contributed by atoms with Gasteiger partial charge < -0.3 is 10.2 Å². The molecule has 2 amide bonds. The largest absolute Gasteiger partial charge is 0.353 e. The van der Waals surface area contributed by atoms with Gasteiger partial charge in [-0.3, -0.25) is 9.59 Å². The Labute approximate surface area is 105 Å². The zero-order valence-electron chi connectivity index (χ0n) is 9.50. The number of benzene rings is 1. The molecule has 1 aromatic rings. The van der Waals surface area contributed by atoms with Gasteiger partial charge in [-0.2, -0.15) is 0 Å². The van der Waals surface area contributed by atoms with Crippen LogP contribution in [0.3, 0.4) is 0 Å². The molecule has 90 valence electrons. The van der Waals surface area contributed by atoms with Crippen LogP contribution in [0.1, 0.15) is 15.9 Å². The highest BCUT2D eigenvalue weighted by Gasteiger charge is 2.23. The summed E-state index contributed by atoms with van der Waals surface area (Å²) in [6.45, 7) is 2.97. The van der Waals surface area contributed by atoms with Gasteiger partial charge in [0.05, 0.1) is 17.1 Å². The van der Waals surface area contributed by atoms with E-state index in [1.807, 2.05) is 13.0 Å². The SMILES string of the molecule is Cc1cccc(C(=O)N2CCNC(=O)C2)c1Cl. The molecule has 1 heterocycles. The third-order valence-corrected chi connectivity index (χ3v) is 3.25. The summed E-state index contributed by atoms with van der Waals surface area (Å²) in [6.07, 6.45) is 0. The van der Waals surface area contributed by atoms with Crippen molar-refractivity contribution in [3.05, 3.63) is 34.3 Å². The van der Waals surface area contributed by atoms with E-state index < -0.39 is 0 Å². The number of rotatable bonds is 1. The molecular weight excluding hydrogens is 240 g/mol. The van der Waals surface area contributed by atoms with Crippen molar-refractivity contribution in [2.75, 3.05) is 19.6 Å². The van der Waals surface area contributed by atoms with Crippen LogP contribution in [0.4, 0.5) is 0 Å². The van der Waals surface area contributed by atoms with Crippen LogP contribution in [0.15, 0.2) is 18.2 Å². The average molecular weight is 253 g/mol. The Kier molecular flexibility index (Phi) is 3.33. The Morgan fingerprint density at radius 2 is 2.24 bits per heavy atom. The summed E-state index contributed by atoms with van der Waals surface area (Å²) >= 11 is 6.10. The van der Waals surface area contributed by atoms with Crippen molar-refractivity contribution in [2.24, 2.45) is 0 Å². The van der Waals surface area contributed by atoms with Crippen molar-refractivity contribution in [3.8, 4) is 0 Å². The number of hydrogen-bond acceptors (Lipinski definition) is 2. The van der Waals surface area contributed by atoms with Crippen LogP contribution in [0.2, 0.25) is 5.02 Å². The van der Waals surface area contributed by atoms with E-state index >= 15 is 0 Å².